The van der Waals surface area contributed by atoms with E-state index in [0.29, 0.717) is 0 Å². The molecule has 0 radical (unpaired) electrons. The quantitative estimate of drug-likeness (QED) is 0.850. The second-order valence-corrected chi connectivity index (χ2v) is 4.68. The Morgan fingerprint density at radius 2 is 2.25 bits per heavy atom. The van der Waals surface area contributed by atoms with E-state index in [2.05, 4.69) is 42.1 Å². The Hall–Kier alpha value is -1.35. The van der Waals surface area contributed by atoms with Crippen molar-refractivity contribution < 1.29 is 0 Å². The molecule has 0 atom stereocenters. The molecule has 0 saturated heterocycles. The molecular formula is C13H17N3. The van der Waals surface area contributed by atoms with Gasteiger partial charge in [0.2, 0.25) is 0 Å². The number of nitrogens with zero attached hydrogens (tertiary/aromatic N) is 2. The van der Waals surface area contributed by atoms with E-state index >= 15 is 0 Å². The monoisotopic (exact) mass is 215 g/mol. The minimum atomic E-state index is 0.737. The fourth-order valence-electron chi connectivity index (χ4n) is 2.08. The first-order chi connectivity index (χ1) is 7.75. The first-order valence-electron chi connectivity index (χ1n) is 5.90. The maximum Gasteiger partial charge on any atom is 0.123 e. The van der Waals surface area contributed by atoms with E-state index in [9.17, 15) is 0 Å². The molecule has 0 unspecified atom stereocenters. The van der Waals surface area contributed by atoms with Gasteiger partial charge < -0.3 is 9.88 Å². The molecule has 0 aliphatic heterocycles. The van der Waals surface area contributed by atoms with Crippen LogP contribution in [0.3, 0.4) is 0 Å². The van der Waals surface area contributed by atoms with Crippen LogP contribution in [0.1, 0.15) is 24.2 Å². The van der Waals surface area contributed by atoms with Gasteiger partial charge in [-0.25, -0.2) is 4.98 Å². The smallest absolute Gasteiger partial charge is 0.123 e. The SMILES string of the molecule is Cc1cccc2c1nc(CNC1CC1)n2C. The second-order valence-electron chi connectivity index (χ2n) is 4.68. The molecule has 0 amide bonds. The number of nitrogens with one attached hydrogen (secondary N) is 1. The molecule has 1 aromatic carbocycles. The standard InChI is InChI=1S/C13H17N3/c1-9-4-3-5-11-13(9)15-12(16(11)2)8-14-10-6-7-10/h3-5,10,14H,6-8H2,1-2H3. The summed E-state index contributed by atoms with van der Waals surface area (Å²) in [4.78, 5) is 4.71. The predicted molar refractivity (Wildman–Crippen MR) is 65.3 cm³/mol. The van der Waals surface area contributed by atoms with E-state index < -0.39 is 0 Å². The fraction of sp³-hybridized carbons (Fsp3) is 0.462. The summed E-state index contributed by atoms with van der Waals surface area (Å²) in [6.45, 7) is 3.00. The third-order valence-corrected chi connectivity index (χ3v) is 3.33. The number of fused-ring (bicyclic) bond motifs is 1. The zero-order chi connectivity index (χ0) is 11.1. The van der Waals surface area contributed by atoms with Gasteiger partial charge in [-0.1, -0.05) is 12.1 Å². The van der Waals surface area contributed by atoms with E-state index in [4.69, 9.17) is 4.98 Å². The first kappa shape index (κ1) is 9.85. The van der Waals surface area contributed by atoms with Crippen LogP contribution in [0, 0.1) is 6.92 Å². The molecule has 0 bridgehead atoms. The highest BCUT2D eigenvalue weighted by Gasteiger charge is 2.21. The maximum absolute atomic E-state index is 4.71. The number of para-hydroxylation sites is 1. The minimum absolute atomic E-state index is 0.737. The van der Waals surface area contributed by atoms with Gasteiger partial charge in [-0.3, -0.25) is 0 Å². The number of rotatable bonds is 3. The van der Waals surface area contributed by atoms with Crippen LogP contribution in [0.2, 0.25) is 0 Å². The van der Waals surface area contributed by atoms with Gasteiger partial charge in [0.05, 0.1) is 17.6 Å². The molecule has 0 spiro atoms. The highest BCUT2D eigenvalue weighted by molar-refractivity contribution is 5.79. The molecule has 1 N–H and O–H groups in total. The van der Waals surface area contributed by atoms with Crippen LogP contribution in [0.15, 0.2) is 18.2 Å². The first-order valence-corrected chi connectivity index (χ1v) is 5.90. The third-order valence-electron chi connectivity index (χ3n) is 3.33. The molecule has 1 fully saturated rings. The normalized spacial score (nSPS) is 15.9. The molecule has 1 heterocycles. The summed E-state index contributed by atoms with van der Waals surface area (Å²) in [5.74, 6) is 1.14. The van der Waals surface area contributed by atoms with Crippen molar-refractivity contribution in [2.24, 2.45) is 7.05 Å². The van der Waals surface area contributed by atoms with E-state index in [-0.39, 0.29) is 0 Å². The van der Waals surface area contributed by atoms with Crippen molar-refractivity contribution >= 4 is 11.0 Å². The van der Waals surface area contributed by atoms with Crippen molar-refractivity contribution in [1.82, 2.24) is 14.9 Å². The molecule has 2 aromatic rings. The van der Waals surface area contributed by atoms with Crippen LogP contribution in [0.5, 0.6) is 0 Å². The number of benzene rings is 1. The van der Waals surface area contributed by atoms with Crippen LogP contribution in [0.25, 0.3) is 11.0 Å². The topological polar surface area (TPSA) is 29.9 Å². The summed E-state index contributed by atoms with van der Waals surface area (Å²) in [5.41, 5.74) is 3.62. The number of aromatic nitrogens is 2. The van der Waals surface area contributed by atoms with Gasteiger partial charge in [0, 0.05) is 13.1 Å². The fourth-order valence-corrected chi connectivity index (χ4v) is 2.08. The second kappa shape index (κ2) is 3.59. The van der Waals surface area contributed by atoms with Crippen molar-refractivity contribution in [2.45, 2.75) is 32.4 Å². The van der Waals surface area contributed by atoms with Crippen LogP contribution in [-0.4, -0.2) is 15.6 Å². The molecule has 1 aromatic heterocycles. The number of hydrogen-bond acceptors (Lipinski definition) is 2. The molecular weight excluding hydrogens is 198 g/mol. The van der Waals surface area contributed by atoms with Gasteiger partial charge in [-0.05, 0) is 31.4 Å². The zero-order valence-corrected chi connectivity index (χ0v) is 9.83. The van der Waals surface area contributed by atoms with Gasteiger partial charge in [-0.2, -0.15) is 0 Å². The van der Waals surface area contributed by atoms with E-state index in [1.165, 1.54) is 23.9 Å². The lowest BCUT2D eigenvalue weighted by Crippen LogP contribution is -2.18. The van der Waals surface area contributed by atoms with Crippen molar-refractivity contribution in [3.63, 3.8) is 0 Å². The summed E-state index contributed by atoms with van der Waals surface area (Å²) in [5, 5.41) is 3.51. The molecule has 16 heavy (non-hydrogen) atoms. The molecule has 1 aliphatic carbocycles. The van der Waals surface area contributed by atoms with E-state index in [1.54, 1.807) is 0 Å². The van der Waals surface area contributed by atoms with Gasteiger partial charge in [0.1, 0.15) is 5.82 Å². The van der Waals surface area contributed by atoms with Gasteiger partial charge in [0.15, 0.2) is 0 Å². The third kappa shape index (κ3) is 1.61. The Kier molecular flexibility index (Phi) is 2.21. The Bertz CT molecular complexity index is 523. The average Bonchev–Trinajstić information content (AvgIpc) is 3.04. The average molecular weight is 215 g/mol. The largest absolute Gasteiger partial charge is 0.330 e. The van der Waals surface area contributed by atoms with Gasteiger partial charge in [0.25, 0.3) is 0 Å². The van der Waals surface area contributed by atoms with Crippen molar-refractivity contribution in [2.75, 3.05) is 0 Å². The van der Waals surface area contributed by atoms with Crippen molar-refractivity contribution in [1.29, 1.82) is 0 Å². The van der Waals surface area contributed by atoms with Crippen LogP contribution in [-0.2, 0) is 13.6 Å². The summed E-state index contributed by atoms with van der Waals surface area (Å²) < 4.78 is 2.19. The highest BCUT2D eigenvalue weighted by atomic mass is 15.1. The van der Waals surface area contributed by atoms with E-state index in [0.717, 1.165) is 23.9 Å². The number of hydrogen-bond donors (Lipinski definition) is 1. The zero-order valence-electron chi connectivity index (χ0n) is 9.83. The summed E-state index contributed by atoms with van der Waals surface area (Å²) in [6.07, 6.45) is 2.64. The minimum Gasteiger partial charge on any atom is -0.330 e. The summed E-state index contributed by atoms with van der Waals surface area (Å²) in [7, 11) is 2.10. The molecule has 3 nitrogen and oxygen atoms in total. The lowest BCUT2D eigenvalue weighted by molar-refractivity contribution is 0.639. The molecule has 84 valence electrons. The van der Waals surface area contributed by atoms with Gasteiger partial charge >= 0.3 is 0 Å². The van der Waals surface area contributed by atoms with Gasteiger partial charge in [-0.15, -0.1) is 0 Å². The lowest BCUT2D eigenvalue weighted by atomic mass is 10.2. The lowest BCUT2D eigenvalue weighted by Gasteiger charge is -2.02. The summed E-state index contributed by atoms with van der Waals surface area (Å²) in [6, 6.07) is 7.09. The Labute approximate surface area is 95.5 Å². The van der Waals surface area contributed by atoms with Crippen molar-refractivity contribution in [3.8, 4) is 0 Å². The van der Waals surface area contributed by atoms with E-state index in [1.807, 2.05) is 0 Å². The number of aryl methyl sites for hydroxylation is 2. The van der Waals surface area contributed by atoms with Crippen LogP contribution < -0.4 is 5.32 Å². The maximum atomic E-state index is 4.71. The van der Waals surface area contributed by atoms with Crippen LogP contribution in [0.4, 0.5) is 0 Å². The predicted octanol–water partition coefficient (Wildman–Crippen LogP) is 2.13. The van der Waals surface area contributed by atoms with Crippen LogP contribution >= 0.6 is 0 Å². The Morgan fingerprint density at radius 3 is 2.94 bits per heavy atom. The molecule has 3 heteroatoms. The molecule has 3 rings (SSSR count). The Balaban J connectivity index is 1.97. The van der Waals surface area contributed by atoms with Crippen molar-refractivity contribution in [3.05, 3.63) is 29.6 Å². The molecule has 1 saturated carbocycles. The summed E-state index contributed by atoms with van der Waals surface area (Å²) >= 11 is 0. The Morgan fingerprint density at radius 1 is 1.44 bits per heavy atom. The number of imidazole rings is 1. The molecule has 1 aliphatic rings. The highest BCUT2D eigenvalue weighted by Crippen LogP contribution is 2.21.